The van der Waals surface area contributed by atoms with Crippen molar-refractivity contribution in [2.75, 3.05) is 20.1 Å². The van der Waals surface area contributed by atoms with Gasteiger partial charge < -0.3 is 16.0 Å². The molecule has 0 aromatic heterocycles. The largest absolute Gasteiger partial charge is 0.351 e. The molecule has 1 saturated heterocycles. The second-order valence-corrected chi connectivity index (χ2v) is 2.89. The fourth-order valence-corrected chi connectivity index (χ4v) is 1.57. The summed E-state index contributed by atoms with van der Waals surface area (Å²) in [5.41, 5.74) is 5.18. The van der Waals surface area contributed by atoms with Crippen molar-refractivity contribution >= 4 is 6.03 Å². The molecule has 0 aromatic carbocycles. The van der Waals surface area contributed by atoms with Gasteiger partial charge in [-0.1, -0.05) is 0 Å². The molecule has 0 saturated carbocycles. The Balaban J connectivity index is 2.44. The molecule has 2 amide bonds. The lowest BCUT2D eigenvalue weighted by molar-refractivity contribution is 0.202. The molecule has 1 aliphatic heterocycles. The molecule has 4 nitrogen and oxygen atoms in total. The molecule has 0 aliphatic carbocycles. The molecule has 1 heterocycles. The van der Waals surface area contributed by atoms with Gasteiger partial charge in [0, 0.05) is 19.1 Å². The average molecular weight is 157 g/mol. The Labute approximate surface area is 66.7 Å². The van der Waals surface area contributed by atoms with Gasteiger partial charge in [0.2, 0.25) is 0 Å². The zero-order valence-corrected chi connectivity index (χ0v) is 6.84. The number of urea groups is 1. The van der Waals surface area contributed by atoms with Gasteiger partial charge in [0.1, 0.15) is 0 Å². The number of hydrogen-bond acceptors (Lipinski definition) is 2. The quantitative estimate of drug-likeness (QED) is 0.580. The number of likely N-dealkylation sites (tertiary alicyclic amines) is 1. The maximum atomic E-state index is 10.8. The molecule has 0 spiro atoms. The van der Waals surface area contributed by atoms with Crippen molar-refractivity contribution in [1.82, 2.24) is 10.2 Å². The van der Waals surface area contributed by atoms with Crippen LogP contribution in [0.1, 0.15) is 12.8 Å². The van der Waals surface area contributed by atoms with Crippen molar-refractivity contribution in [2.24, 2.45) is 5.73 Å². The number of carbonyl (C=O) groups excluding carboxylic acids is 1. The van der Waals surface area contributed by atoms with E-state index in [4.69, 9.17) is 5.73 Å². The second kappa shape index (κ2) is 3.57. The summed E-state index contributed by atoms with van der Waals surface area (Å²) >= 11 is 0. The van der Waals surface area contributed by atoms with Gasteiger partial charge in [-0.2, -0.15) is 0 Å². The summed E-state index contributed by atoms with van der Waals surface area (Å²) in [5, 5.41) is 3.05. The molecule has 64 valence electrons. The third-order valence-electron chi connectivity index (χ3n) is 2.10. The topological polar surface area (TPSA) is 58.4 Å². The predicted molar refractivity (Wildman–Crippen MR) is 43.2 cm³/mol. The van der Waals surface area contributed by atoms with Crippen LogP contribution < -0.4 is 11.1 Å². The number of nitrogens with zero attached hydrogens (tertiary/aromatic N) is 1. The molecule has 1 unspecified atom stereocenters. The van der Waals surface area contributed by atoms with Crippen LogP contribution in [0.25, 0.3) is 0 Å². The highest BCUT2D eigenvalue weighted by Gasteiger charge is 2.25. The Kier molecular flexibility index (Phi) is 2.70. The molecule has 3 N–H and O–H groups in total. The summed E-state index contributed by atoms with van der Waals surface area (Å²) in [7, 11) is 1.89. The van der Waals surface area contributed by atoms with Gasteiger partial charge in [0.15, 0.2) is 0 Å². The Morgan fingerprint density at radius 1 is 1.82 bits per heavy atom. The highest BCUT2D eigenvalue weighted by molar-refractivity contribution is 5.72. The van der Waals surface area contributed by atoms with Crippen molar-refractivity contribution in [3.63, 3.8) is 0 Å². The zero-order valence-electron chi connectivity index (χ0n) is 6.84. The van der Waals surface area contributed by atoms with Gasteiger partial charge in [-0.15, -0.1) is 0 Å². The van der Waals surface area contributed by atoms with Crippen molar-refractivity contribution in [3.8, 4) is 0 Å². The number of nitrogens with one attached hydrogen (secondary N) is 1. The molecule has 0 aromatic rings. The van der Waals surface area contributed by atoms with E-state index in [9.17, 15) is 4.79 Å². The van der Waals surface area contributed by atoms with Gasteiger partial charge >= 0.3 is 6.03 Å². The molecule has 1 fully saturated rings. The average Bonchev–Trinajstić information content (AvgIpc) is 2.36. The van der Waals surface area contributed by atoms with Gasteiger partial charge in [0.05, 0.1) is 0 Å². The van der Waals surface area contributed by atoms with E-state index in [1.165, 1.54) is 0 Å². The maximum Gasteiger partial charge on any atom is 0.315 e. The van der Waals surface area contributed by atoms with E-state index in [2.05, 4.69) is 5.32 Å². The molecule has 0 radical (unpaired) electrons. The van der Waals surface area contributed by atoms with E-state index in [1.54, 1.807) is 4.90 Å². The number of amides is 2. The maximum absolute atomic E-state index is 10.8. The first kappa shape index (κ1) is 8.33. The molecule has 4 heteroatoms. The molecular formula is C7H15N3O. The summed E-state index contributed by atoms with van der Waals surface area (Å²) in [6, 6.07) is 0.0280. The van der Waals surface area contributed by atoms with E-state index in [-0.39, 0.29) is 6.03 Å². The Morgan fingerprint density at radius 2 is 2.55 bits per heavy atom. The van der Waals surface area contributed by atoms with Gasteiger partial charge in [0.25, 0.3) is 0 Å². The van der Waals surface area contributed by atoms with Crippen LogP contribution in [-0.2, 0) is 0 Å². The van der Waals surface area contributed by atoms with Crippen LogP contribution in [0.15, 0.2) is 0 Å². The van der Waals surface area contributed by atoms with Crippen LogP contribution in [0.5, 0.6) is 0 Å². The number of likely N-dealkylation sites (N-methyl/N-ethyl adjacent to an activating group) is 1. The number of nitrogens with two attached hydrogens (primary N) is 1. The molecule has 0 bridgehead atoms. The fourth-order valence-electron chi connectivity index (χ4n) is 1.57. The lowest BCUT2D eigenvalue weighted by Gasteiger charge is -2.21. The number of carbonyl (C=O) groups is 1. The first-order chi connectivity index (χ1) is 5.25. The lowest BCUT2D eigenvalue weighted by atomic mass is 10.2. The van der Waals surface area contributed by atoms with Crippen molar-refractivity contribution in [3.05, 3.63) is 0 Å². The van der Waals surface area contributed by atoms with Crippen molar-refractivity contribution < 1.29 is 4.79 Å². The van der Waals surface area contributed by atoms with E-state index >= 15 is 0 Å². The first-order valence-electron chi connectivity index (χ1n) is 3.96. The smallest absolute Gasteiger partial charge is 0.315 e. The van der Waals surface area contributed by atoms with Crippen LogP contribution in [0.4, 0.5) is 4.79 Å². The SMILES string of the molecule is CNCC1CCCN1C(N)=O. The van der Waals surface area contributed by atoms with Crippen LogP contribution >= 0.6 is 0 Å². The van der Waals surface area contributed by atoms with Crippen molar-refractivity contribution in [1.29, 1.82) is 0 Å². The Morgan fingerprint density at radius 3 is 3.09 bits per heavy atom. The number of rotatable bonds is 2. The summed E-state index contributed by atoms with van der Waals surface area (Å²) in [5.74, 6) is 0. The third kappa shape index (κ3) is 1.83. The van der Waals surface area contributed by atoms with Gasteiger partial charge in [-0.05, 0) is 19.9 Å². The molecule has 1 atom stereocenters. The van der Waals surface area contributed by atoms with Crippen LogP contribution in [0.3, 0.4) is 0 Å². The van der Waals surface area contributed by atoms with E-state index in [0.717, 1.165) is 25.9 Å². The lowest BCUT2D eigenvalue weighted by Crippen LogP contribution is -2.43. The summed E-state index contributed by atoms with van der Waals surface area (Å²) < 4.78 is 0. The standard InChI is InChI=1S/C7H15N3O/c1-9-5-6-3-2-4-10(6)7(8)11/h6,9H,2-5H2,1H3,(H2,8,11). The van der Waals surface area contributed by atoms with Crippen LogP contribution in [-0.4, -0.2) is 37.1 Å². The molecular weight excluding hydrogens is 142 g/mol. The van der Waals surface area contributed by atoms with E-state index in [1.807, 2.05) is 7.05 Å². The van der Waals surface area contributed by atoms with E-state index < -0.39 is 0 Å². The molecule has 11 heavy (non-hydrogen) atoms. The molecule has 1 aliphatic rings. The summed E-state index contributed by atoms with van der Waals surface area (Å²) in [4.78, 5) is 12.5. The van der Waals surface area contributed by atoms with Crippen molar-refractivity contribution in [2.45, 2.75) is 18.9 Å². The third-order valence-corrected chi connectivity index (χ3v) is 2.10. The van der Waals surface area contributed by atoms with Crippen LogP contribution in [0, 0.1) is 0 Å². The second-order valence-electron chi connectivity index (χ2n) is 2.89. The highest BCUT2D eigenvalue weighted by Crippen LogP contribution is 2.15. The zero-order chi connectivity index (χ0) is 8.27. The fraction of sp³-hybridized carbons (Fsp3) is 0.857. The Bertz CT molecular complexity index is 149. The van der Waals surface area contributed by atoms with Gasteiger partial charge in [-0.3, -0.25) is 0 Å². The minimum Gasteiger partial charge on any atom is -0.351 e. The number of primary amides is 1. The van der Waals surface area contributed by atoms with Crippen LogP contribution in [0.2, 0.25) is 0 Å². The van der Waals surface area contributed by atoms with E-state index in [0.29, 0.717) is 6.04 Å². The minimum atomic E-state index is -0.289. The monoisotopic (exact) mass is 157 g/mol. The first-order valence-corrected chi connectivity index (χ1v) is 3.96. The normalized spacial score (nSPS) is 24.1. The minimum absolute atomic E-state index is 0.289. The summed E-state index contributed by atoms with van der Waals surface area (Å²) in [6.45, 7) is 1.67. The number of hydrogen-bond donors (Lipinski definition) is 2. The predicted octanol–water partition coefficient (Wildman–Crippen LogP) is -0.251. The Hall–Kier alpha value is -0.770. The summed E-state index contributed by atoms with van der Waals surface area (Å²) in [6.07, 6.45) is 2.15. The van der Waals surface area contributed by atoms with Gasteiger partial charge in [-0.25, -0.2) is 4.79 Å². The molecule has 1 rings (SSSR count). The highest BCUT2D eigenvalue weighted by atomic mass is 16.2.